The molecular weight excluding hydrogens is 346 g/mol. The minimum Gasteiger partial charge on any atom is -0.402 e. The van der Waals surface area contributed by atoms with E-state index in [2.05, 4.69) is 27.2 Å². The Morgan fingerprint density at radius 2 is 1.59 bits per heavy atom. The molecule has 0 heterocycles. The molecule has 2 aromatic carbocycles. The fourth-order valence-electron chi connectivity index (χ4n) is 2.11. The van der Waals surface area contributed by atoms with Crippen LogP contribution in [0.4, 0.5) is 0 Å². The maximum atomic E-state index is 11.6. The summed E-state index contributed by atoms with van der Waals surface area (Å²) >= 11 is 10.1. The van der Waals surface area contributed by atoms with Crippen LogP contribution in [0.15, 0.2) is 54.6 Å². The molecule has 0 aromatic heterocycles. The quantitative estimate of drug-likeness (QED) is 0.580. The molecule has 0 aliphatic heterocycles. The van der Waals surface area contributed by atoms with Gasteiger partial charge in [-0.15, -0.1) is 0 Å². The van der Waals surface area contributed by atoms with E-state index in [-0.39, 0.29) is 0 Å². The summed E-state index contributed by atoms with van der Waals surface area (Å²) in [6.07, 6.45) is 0.926. The zero-order chi connectivity index (χ0) is 16.0. The van der Waals surface area contributed by atoms with Crippen molar-refractivity contribution in [2.45, 2.75) is 19.3 Å². The third-order valence-corrected chi connectivity index (χ3v) is 5.01. The lowest BCUT2D eigenvalue weighted by Gasteiger charge is -2.14. The number of hydrogen-bond acceptors (Lipinski definition) is 4. The van der Waals surface area contributed by atoms with Crippen molar-refractivity contribution in [3.63, 3.8) is 0 Å². The van der Waals surface area contributed by atoms with Crippen LogP contribution in [-0.4, -0.2) is 0 Å². The van der Waals surface area contributed by atoms with Crippen LogP contribution in [0.3, 0.4) is 0 Å². The lowest BCUT2D eigenvalue weighted by atomic mass is 9.94. The summed E-state index contributed by atoms with van der Waals surface area (Å²) in [7, 11) is -3.97. The molecule has 22 heavy (non-hydrogen) atoms. The molecule has 0 saturated heterocycles. The number of hydrogen-bond donors (Lipinski definition) is 0. The van der Waals surface area contributed by atoms with Gasteiger partial charge in [-0.1, -0.05) is 49.4 Å². The SMILES string of the molecule is CC(Cc1ccccc1)c1ccc(OP(=O)(OCl)OCl)cc1. The Hall–Kier alpha value is -1.03. The van der Waals surface area contributed by atoms with Crippen LogP contribution >= 0.6 is 31.6 Å². The Labute approximate surface area is 139 Å². The van der Waals surface area contributed by atoms with E-state index >= 15 is 0 Å². The standard InChI is InChI=1S/C15H15Cl2O4P/c1-12(11-13-5-3-2-4-6-13)14-7-9-15(10-8-14)19-22(18,20-16)21-17/h2-10,12H,11H2,1H3. The van der Waals surface area contributed by atoms with Crippen LogP contribution < -0.4 is 4.52 Å². The number of rotatable bonds is 7. The third-order valence-electron chi connectivity index (χ3n) is 3.22. The van der Waals surface area contributed by atoms with Crippen molar-refractivity contribution in [1.82, 2.24) is 0 Å². The maximum Gasteiger partial charge on any atom is 0.563 e. The Balaban J connectivity index is 2.04. The molecule has 2 rings (SSSR count). The van der Waals surface area contributed by atoms with Gasteiger partial charge in [0, 0.05) is 0 Å². The molecule has 4 nitrogen and oxygen atoms in total. The van der Waals surface area contributed by atoms with Crippen molar-refractivity contribution in [2.24, 2.45) is 0 Å². The van der Waals surface area contributed by atoms with Crippen molar-refractivity contribution >= 4 is 31.6 Å². The second kappa shape index (κ2) is 8.00. The van der Waals surface area contributed by atoms with Crippen molar-refractivity contribution in [3.8, 4) is 5.75 Å². The van der Waals surface area contributed by atoms with E-state index < -0.39 is 7.82 Å². The van der Waals surface area contributed by atoms with Gasteiger partial charge in [0.15, 0.2) is 0 Å². The molecule has 0 aliphatic rings. The highest BCUT2D eigenvalue weighted by Gasteiger charge is 2.28. The maximum absolute atomic E-state index is 11.6. The topological polar surface area (TPSA) is 44.8 Å². The van der Waals surface area contributed by atoms with Gasteiger partial charge in [0.05, 0.1) is 23.7 Å². The largest absolute Gasteiger partial charge is 0.563 e. The fraction of sp³-hybridized carbons (Fsp3) is 0.200. The van der Waals surface area contributed by atoms with Crippen LogP contribution in [0.5, 0.6) is 5.75 Å². The van der Waals surface area contributed by atoms with Gasteiger partial charge in [-0.3, -0.25) is 0 Å². The second-order valence-corrected chi connectivity index (χ2v) is 7.02. The first-order valence-corrected chi connectivity index (χ1v) is 8.68. The molecule has 0 fully saturated rings. The predicted octanol–water partition coefficient (Wildman–Crippen LogP) is 5.86. The zero-order valence-electron chi connectivity index (χ0n) is 11.8. The van der Waals surface area contributed by atoms with Gasteiger partial charge >= 0.3 is 7.82 Å². The molecule has 0 N–H and O–H groups in total. The highest BCUT2D eigenvalue weighted by Crippen LogP contribution is 2.51. The molecule has 0 spiro atoms. The highest BCUT2D eigenvalue weighted by atomic mass is 35.5. The molecule has 0 saturated carbocycles. The van der Waals surface area contributed by atoms with E-state index in [1.807, 2.05) is 30.3 Å². The smallest absolute Gasteiger partial charge is 0.402 e. The van der Waals surface area contributed by atoms with E-state index in [1.54, 1.807) is 12.1 Å². The van der Waals surface area contributed by atoms with Gasteiger partial charge in [-0.2, -0.15) is 8.15 Å². The molecular formula is C15H15Cl2O4P. The summed E-state index contributed by atoms with van der Waals surface area (Å²) in [5, 5.41) is 0. The number of halogens is 2. The summed E-state index contributed by atoms with van der Waals surface area (Å²) in [6, 6.07) is 17.3. The molecule has 0 amide bonds. The van der Waals surface area contributed by atoms with Crippen LogP contribution in [0.2, 0.25) is 0 Å². The highest BCUT2D eigenvalue weighted by molar-refractivity contribution is 7.50. The Morgan fingerprint density at radius 3 is 2.14 bits per heavy atom. The first kappa shape index (κ1) is 17.3. The van der Waals surface area contributed by atoms with Crippen LogP contribution in [-0.2, 0) is 19.1 Å². The van der Waals surface area contributed by atoms with Crippen molar-refractivity contribution in [2.75, 3.05) is 0 Å². The summed E-state index contributed by atoms with van der Waals surface area (Å²) in [5.74, 6) is 0.622. The fourth-order valence-corrected chi connectivity index (χ4v) is 2.99. The lowest BCUT2D eigenvalue weighted by molar-refractivity contribution is 0.318. The lowest BCUT2D eigenvalue weighted by Crippen LogP contribution is -1.99. The van der Waals surface area contributed by atoms with E-state index in [1.165, 1.54) is 5.56 Å². The second-order valence-electron chi connectivity index (χ2n) is 4.84. The average molecular weight is 361 g/mol. The Kier molecular flexibility index (Phi) is 6.30. The van der Waals surface area contributed by atoms with E-state index in [9.17, 15) is 4.57 Å². The number of phosphoric acid groups is 1. The van der Waals surface area contributed by atoms with Crippen molar-refractivity contribution in [1.29, 1.82) is 0 Å². The Morgan fingerprint density at radius 1 is 1.00 bits per heavy atom. The summed E-state index contributed by atoms with van der Waals surface area (Å²) < 4.78 is 24.8. The minimum atomic E-state index is -3.97. The monoisotopic (exact) mass is 360 g/mol. The van der Waals surface area contributed by atoms with Gasteiger partial charge in [0.2, 0.25) is 0 Å². The third kappa shape index (κ3) is 4.73. The molecule has 7 heteroatoms. The van der Waals surface area contributed by atoms with Gasteiger partial charge in [-0.05, 0) is 35.6 Å². The van der Waals surface area contributed by atoms with Crippen molar-refractivity contribution in [3.05, 3.63) is 65.7 Å². The van der Waals surface area contributed by atoms with Crippen LogP contribution in [0.1, 0.15) is 24.0 Å². The average Bonchev–Trinajstić information content (AvgIpc) is 2.56. The van der Waals surface area contributed by atoms with Gasteiger partial charge < -0.3 is 4.52 Å². The van der Waals surface area contributed by atoms with Gasteiger partial charge in [0.25, 0.3) is 0 Å². The first-order valence-electron chi connectivity index (χ1n) is 6.60. The molecule has 0 bridgehead atoms. The number of benzene rings is 2. The Bertz CT molecular complexity index is 626. The summed E-state index contributed by atoms with van der Waals surface area (Å²) in [6.45, 7) is 2.14. The molecule has 1 atom stereocenters. The van der Waals surface area contributed by atoms with Gasteiger partial charge in [0.1, 0.15) is 5.75 Å². The van der Waals surface area contributed by atoms with E-state index in [0.29, 0.717) is 11.7 Å². The molecule has 118 valence electrons. The summed E-state index contributed by atoms with van der Waals surface area (Å²) in [4.78, 5) is 0. The minimum absolute atomic E-state index is 0.292. The molecule has 0 aliphatic carbocycles. The molecule has 2 aromatic rings. The van der Waals surface area contributed by atoms with Crippen molar-refractivity contribution < 1.29 is 17.2 Å². The molecule has 1 unspecified atom stereocenters. The first-order chi connectivity index (χ1) is 10.6. The molecule has 0 radical (unpaired) electrons. The van der Waals surface area contributed by atoms with E-state index in [4.69, 9.17) is 28.3 Å². The van der Waals surface area contributed by atoms with E-state index in [0.717, 1.165) is 12.0 Å². The van der Waals surface area contributed by atoms with Crippen LogP contribution in [0.25, 0.3) is 0 Å². The summed E-state index contributed by atoms with van der Waals surface area (Å²) in [5.41, 5.74) is 2.40. The normalized spacial score (nSPS) is 12.9. The predicted molar refractivity (Wildman–Crippen MR) is 87.1 cm³/mol. The zero-order valence-corrected chi connectivity index (χ0v) is 14.2. The van der Waals surface area contributed by atoms with Gasteiger partial charge in [-0.25, -0.2) is 4.57 Å². The van der Waals surface area contributed by atoms with Crippen LogP contribution in [0, 0.1) is 0 Å².